The number of rotatable bonds is 5. The smallest absolute Gasteiger partial charge is 0.123 e. The van der Waals surface area contributed by atoms with Crippen molar-refractivity contribution >= 4 is 0 Å². The Morgan fingerprint density at radius 3 is 3.05 bits per heavy atom. The van der Waals surface area contributed by atoms with Crippen LogP contribution in [0.4, 0.5) is 0 Å². The van der Waals surface area contributed by atoms with Gasteiger partial charge in [0.15, 0.2) is 0 Å². The van der Waals surface area contributed by atoms with E-state index in [2.05, 4.69) is 35.3 Å². The molecule has 1 N–H and O–H groups in total. The largest absolute Gasteiger partial charge is 0.492 e. The van der Waals surface area contributed by atoms with Crippen LogP contribution < -0.4 is 10.1 Å². The van der Waals surface area contributed by atoms with E-state index in [0.29, 0.717) is 0 Å². The number of ether oxygens (including phenoxy) is 1. The molecule has 4 nitrogen and oxygen atoms in total. The Kier molecular flexibility index (Phi) is 4.58. The molecule has 3 rings (SSSR count). The molecule has 0 bridgehead atoms. The first-order valence-corrected chi connectivity index (χ1v) is 7.56. The van der Waals surface area contributed by atoms with Crippen LogP contribution in [0, 0.1) is 0 Å². The van der Waals surface area contributed by atoms with Crippen LogP contribution in [0.3, 0.4) is 0 Å². The lowest BCUT2D eigenvalue weighted by atomic mass is 10.1. The fourth-order valence-corrected chi connectivity index (χ4v) is 2.66. The zero-order valence-corrected chi connectivity index (χ0v) is 12.5. The molecule has 4 heteroatoms. The molecular weight excluding hydrogens is 264 g/mol. The molecule has 21 heavy (non-hydrogen) atoms. The van der Waals surface area contributed by atoms with Gasteiger partial charge in [-0.25, -0.2) is 0 Å². The SMILES string of the molecule is CCNCc1occc1CN1CCOc2ccccc2C1. The van der Waals surface area contributed by atoms with Gasteiger partial charge in [-0.15, -0.1) is 0 Å². The van der Waals surface area contributed by atoms with Crippen molar-refractivity contribution in [3.05, 3.63) is 53.5 Å². The van der Waals surface area contributed by atoms with E-state index >= 15 is 0 Å². The molecule has 0 amide bonds. The van der Waals surface area contributed by atoms with E-state index in [-0.39, 0.29) is 0 Å². The average molecular weight is 286 g/mol. The molecule has 1 aliphatic rings. The Hall–Kier alpha value is -1.78. The number of furan rings is 1. The maximum Gasteiger partial charge on any atom is 0.123 e. The average Bonchev–Trinajstić information content (AvgIpc) is 2.83. The topological polar surface area (TPSA) is 37.6 Å². The van der Waals surface area contributed by atoms with E-state index < -0.39 is 0 Å². The van der Waals surface area contributed by atoms with E-state index in [1.165, 1.54) is 11.1 Å². The predicted molar refractivity (Wildman–Crippen MR) is 82.1 cm³/mol. The van der Waals surface area contributed by atoms with Crippen molar-refractivity contribution in [1.29, 1.82) is 0 Å². The minimum atomic E-state index is 0.734. The molecule has 0 fully saturated rings. The van der Waals surface area contributed by atoms with E-state index in [9.17, 15) is 0 Å². The molecular formula is C17H22N2O2. The number of fused-ring (bicyclic) bond motifs is 1. The molecule has 0 saturated heterocycles. The first kappa shape index (κ1) is 14.2. The van der Waals surface area contributed by atoms with Crippen molar-refractivity contribution in [3.8, 4) is 5.75 Å². The Morgan fingerprint density at radius 2 is 2.14 bits per heavy atom. The van der Waals surface area contributed by atoms with Crippen LogP contribution in [0.2, 0.25) is 0 Å². The fourth-order valence-electron chi connectivity index (χ4n) is 2.66. The molecule has 0 spiro atoms. The van der Waals surface area contributed by atoms with Gasteiger partial charge in [0.2, 0.25) is 0 Å². The van der Waals surface area contributed by atoms with Gasteiger partial charge in [-0.2, -0.15) is 0 Å². The number of hydrogen-bond donors (Lipinski definition) is 1. The van der Waals surface area contributed by atoms with Gasteiger partial charge in [0, 0.05) is 30.8 Å². The van der Waals surface area contributed by atoms with Crippen LogP contribution in [0.25, 0.3) is 0 Å². The van der Waals surface area contributed by atoms with Crippen LogP contribution in [-0.2, 0) is 19.6 Å². The summed E-state index contributed by atoms with van der Waals surface area (Å²) in [6.45, 7) is 7.32. The summed E-state index contributed by atoms with van der Waals surface area (Å²) in [4.78, 5) is 2.41. The summed E-state index contributed by atoms with van der Waals surface area (Å²) in [5, 5.41) is 3.32. The third-order valence-corrected chi connectivity index (χ3v) is 3.80. The van der Waals surface area contributed by atoms with E-state index in [1.54, 1.807) is 6.26 Å². The van der Waals surface area contributed by atoms with Crippen molar-refractivity contribution in [2.24, 2.45) is 0 Å². The highest BCUT2D eigenvalue weighted by atomic mass is 16.5. The third kappa shape index (κ3) is 3.46. The van der Waals surface area contributed by atoms with Crippen molar-refractivity contribution in [2.45, 2.75) is 26.6 Å². The number of nitrogens with one attached hydrogen (secondary N) is 1. The minimum Gasteiger partial charge on any atom is -0.492 e. The molecule has 1 aliphatic heterocycles. The van der Waals surface area contributed by atoms with Crippen molar-refractivity contribution in [3.63, 3.8) is 0 Å². The highest BCUT2D eigenvalue weighted by Gasteiger charge is 2.17. The molecule has 0 radical (unpaired) electrons. The van der Waals surface area contributed by atoms with Crippen LogP contribution in [0.5, 0.6) is 5.75 Å². The van der Waals surface area contributed by atoms with E-state index in [4.69, 9.17) is 9.15 Å². The highest BCUT2D eigenvalue weighted by Crippen LogP contribution is 2.24. The number of benzene rings is 1. The molecule has 2 heterocycles. The summed E-state index contributed by atoms with van der Waals surface area (Å²) in [7, 11) is 0. The van der Waals surface area contributed by atoms with Gasteiger partial charge in [0.1, 0.15) is 18.1 Å². The van der Waals surface area contributed by atoms with Crippen molar-refractivity contribution < 1.29 is 9.15 Å². The van der Waals surface area contributed by atoms with Crippen molar-refractivity contribution in [1.82, 2.24) is 10.2 Å². The van der Waals surface area contributed by atoms with Gasteiger partial charge >= 0.3 is 0 Å². The lowest BCUT2D eigenvalue weighted by molar-refractivity contribution is 0.218. The van der Waals surface area contributed by atoms with Crippen LogP contribution in [0.15, 0.2) is 41.0 Å². The Morgan fingerprint density at radius 1 is 1.24 bits per heavy atom. The minimum absolute atomic E-state index is 0.734. The van der Waals surface area contributed by atoms with Crippen LogP contribution in [-0.4, -0.2) is 24.6 Å². The summed E-state index contributed by atoms with van der Waals surface area (Å²) >= 11 is 0. The monoisotopic (exact) mass is 286 g/mol. The number of para-hydroxylation sites is 1. The molecule has 1 aromatic heterocycles. The van der Waals surface area contributed by atoms with Crippen LogP contribution >= 0.6 is 0 Å². The second-order valence-electron chi connectivity index (χ2n) is 5.32. The van der Waals surface area contributed by atoms with Gasteiger partial charge in [-0.05, 0) is 18.7 Å². The van der Waals surface area contributed by atoms with Gasteiger partial charge in [0.05, 0.1) is 12.8 Å². The van der Waals surface area contributed by atoms with E-state index in [0.717, 1.165) is 50.8 Å². The molecule has 0 aliphatic carbocycles. The predicted octanol–water partition coefficient (Wildman–Crippen LogP) is 2.78. The number of nitrogens with zero attached hydrogens (tertiary/aromatic N) is 1. The zero-order chi connectivity index (χ0) is 14.5. The first-order valence-electron chi connectivity index (χ1n) is 7.56. The molecule has 112 valence electrons. The van der Waals surface area contributed by atoms with Gasteiger partial charge in [0.25, 0.3) is 0 Å². The summed E-state index contributed by atoms with van der Waals surface area (Å²) in [6, 6.07) is 10.4. The van der Waals surface area contributed by atoms with Crippen LogP contribution in [0.1, 0.15) is 23.8 Å². The maximum atomic E-state index is 5.82. The molecule has 2 aromatic rings. The number of hydrogen-bond acceptors (Lipinski definition) is 4. The molecule has 0 unspecified atom stereocenters. The Balaban J connectivity index is 1.69. The second kappa shape index (κ2) is 6.78. The maximum absolute atomic E-state index is 5.82. The fraction of sp³-hybridized carbons (Fsp3) is 0.412. The van der Waals surface area contributed by atoms with Gasteiger partial charge in [-0.3, -0.25) is 4.90 Å². The lowest BCUT2D eigenvalue weighted by Crippen LogP contribution is -2.26. The highest BCUT2D eigenvalue weighted by molar-refractivity contribution is 5.34. The summed E-state index contributed by atoms with van der Waals surface area (Å²) in [5.74, 6) is 2.05. The quantitative estimate of drug-likeness (QED) is 0.917. The normalized spacial score (nSPS) is 15.3. The molecule has 0 saturated carbocycles. The third-order valence-electron chi connectivity index (χ3n) is 3.80. The second-order valence-corrected chi connectivity index (χ2v) is 5.32. The lowest BCUT2D eigenvalue weighted by Gasteiger charge is -2.19. The zero-order valence-electron chi connectivity index (χ0n) is 12.5. The van der Waals surface area contributed by atoms with E-state index in [1.807, 2.05) is 12.1 Å². The van der Waals surface area contributed by atoms with Crippen molar-refractivity contribution in [2.75, 3.05) is 19.7 Å². The molecule has 1 aromatic carbocycles. The van der Waals surface area contributed by atoms with Gasteiger partial charge in [-0.1, -0.05) is 25.1 Å². The summed E-state index contributed by atoms with van der Waals surface area (Å²) < 4.78 is 11.4. The first-order chi connectivity index (χ1) is 10.4. The molecule has 0 atom stereocenters. The van der Waals surface area contributed by atoms with Gasteiger partial charge < -0.3 is 14.5 Å². The Labute approximate surface area is 125 Å². The standard InChI is InChI=1S/C17H22N2O2/c1-2-18-11-17-15(7-9-20-17)13-19-8-10-21-16-6-4-3-5-14(16)12-19/h3-7,9,18H,2,8,10-13H2,1H3. The Bertz CT molecular complexity index is 580. The summed E-state index contributed by atoms with van der Waals surface area (Å²) in [5.41, 5.74) is 2.52. The summed E-state index contributed by atoms with van der Waals surface area (Å²) in [6.07, 6.45) is 1.78.